The van der Waals surface area contributed by atoms with Gasteiger partial charge in [0.15, 0.2) is 11.9 Å². The van der Waals surface area contributed by atoms with E-state index in [-0.39, 0.29) is 35.1 Å². The van der Waals surface area contributed by atoms with E-state index in [9.17, 15) is 9.90 Å². The molecule has 1 aromatic carbocycles. The van der Waals surface area contributed by atoms with Gasteiger partial charge in [0.05, 0.1) is 0 Å². The number of benzene rings is 1. The number of halogens is 2. The first kappa shape index (κ1) is 14.9. The number of Topliss-reactive ketones (excluding diaryl/α,β-unsaturated/α-hetero) is 1. The highest BCUT2D eigenvalue weighted by Gasteiger charge is 2.12. The Kier molecular flexibility index (Phi) is 5.50. The van der Waals surface area contributed by atoms with E-state index in [1.807, 2.05) is 12.1 Å². The third-order valence-corrected chi connectivity index (χ3v) is 2.86. The third-order valence-electron chi connectivity index (χ3n) is 2.33. The molecular formula is C13H11Br2NO2. The van der Waals surface area contributed by atoms with Crippen LogP contribution in [0.2, 0.25) is 0 Å². The van der Waals surface area contributed by atoms with Gasteiger partial charge in [-0.2, -0.15) is 4.57 Å². The summed E-state index contributed by atoms with van der Waals surface area (Å²) in [7, 11) is 0. The van der Waals surface area contributed by atoms with Crippen molar-refractivity contribution < 1.29 is 31.4 Å². The van der Waals surface area contributed by atoms with E-state index < -0.39 is 0 Å². The van der Waals surface area contributed by atoms with Gasteiger partial charge in [-0.25, -0.2) is 0 Å². The molecule has 0 atom stereocenters. The fourth-order valence-electron chi connectivity index (χ4n) is 1.50. The molecule has 2 aromatic rings. The summed E-state index contributed by atoms with van der Waals surface area (Å²) in [4.78, 5) is 11.9. The Labute approximate surface area is 124 Å². The van der Waals surface area contributed by atoms with E-state index in [2.05, 4.69) is 15.9 Å². The van der Waals surface area contributed by atoms with E-state index in [4.69, 9.17) is 0 Å². The molecule has 94 valence electrons. The zero-order valence-electron chi connectivity index (χ0n) is 9.38. The van der Waals surface area contributed by atoms with Crippen LogP contribution < -0.4 is 21.5 Å². The average molecular weight is 373 g/mol. The summed E-state index contributed by atoms with van der Waals surface area (Å²) >= 11 is 3.32. The predicted octanol–water partition coefficient (Wildman–Crippen LogP) is -0.671. The van der Waals surface area contributed by atoms with Crippen LogP contribution >= 0.6 is 15.9 Å². The molecule has 0 saturated carbocycles. The van der Waals surface area contributed by atoms with Gasteiger partial charge < -0.3 is 22.1 Å². The van der Waals surface area contributed by atoms with Crippen molar-refractivity contribution in [2.45, 2.75) is 6.54 Å². The molecule has 18 heavy (non-hydrogen) atoms. The Balaban J connectivity index is 0.00000162. The van der Waals surface area contributed by atoms with Crippen LogP contribution in [0.5, 0.6) is 5.75 Å². The van der Waals surface area contributed by atoms with Crippen LogP contribution in [-0.4, -0.2) is 10.9 Å². The van der Waals surface area contributed by atoms with Gasteiger partial charge in [0.25, 0.3) is 0 Å². The molecule has 1 heterocycles. The number of carbonyl (C=O) groups is 1. The fraction of sp³-hybridized carbons (Fsp3) is 0.0769. The van der Waals surface area contributed by atoms with Gasteiger partial charge in [0.2, 0.25) is 18.5 Å². The van der Waals surface area contributed by atoms with Crippen molar-refractivity contribution in [1.82, 2.24) is 0 Å². The van der Waals surface area contributed by atoms with Crippen LogP contribution in [-0.2, 0) is 6.54 Å². The number of rotatable bonds is 3. The highest BCUT2D eigenvalue weighted by molar-refractivity contribution is 9.10. The number of carbonyl (C=O) groups excluding carboxylic acids is 1. The zero-order chi connectivity index (χ0) is 12.3. The van der Waals surface area contributed by atoms with Crippen molar-refractivity contribution in [3.63, 3.8) is 0 Å². The second-order valence-corrected chi connectivity index (χ2v) is 4.58. The van der Waals surface area contributed by atoms with Crippen molar-refractivity contribution >= 4 is 21.7 Å². The lowest BCUT2D eigenvalue weighted by Crippen LogP contribution is -3.00. The highest BCUT2D eigenvalue weighted by Crippen LogP contribution is 2.11. The SMILES string of the molecule is O=C(C[n+]1cccc(O)c1)c1ccc(Br)cc1.[Br-]. The molecular weight excluding hydrogens is 362 g/mol. The quantitative estimate of drug-likeness (QED) is 0.573. The Morgan fingerprint density at radius 1 is 1.22 bits per heavy atom. The average Bonchev–Trinajstić information content (AvgIpc) is 2.29. The fourth-order valence-corrected chi connectivity index (χ4v) is 1.76. The van der Waals surface area contributed by atoms with Gasteiger partial charge in [-0.05, 0) is 18.2 Å². The molecule has 0 aliphatic heterocycles. The van der Waals surface area contributed by atoms with Gasteiger partial charge in [-0.1, -0.05) is 28.1 Å². The lowest BCUT2D eigenvalue weighted by atomic mass is 10.1. The predicted molar refractivity (Wildman–Crippen MR) is 66.8 cm³/mol. The van der Waals surface area contributed by atoms with Gasteiger partial charge in [-0.15, -0.1) is 0 Å². The highest BCUT2D eigenvalue weighted by atomic mass is 79.9. The zero-order valence-corrected chi connectivity index (χ0v) is 12.6. The topological polar surface area (TPSA) is 41.2 Å². The monoisotopic (exact) mass is 371 g/mol. The van der Waals surface area contributed by atoms with Crippen LogP contribution in [0.1, 0.15) is 10.4 Å². The maximum Gasteiger partial charge on any atom is 0.227 e. The van der Waals surface area contributed by atoms with Crippen LogP contribution in [0.15, 0.2) is 53.3 Å². The summed E-state index contributed by atoms with van der Waals surface area (Å²) in [6, 6.07) is 10.5. The molecule has 0 unspecified atom stereocenters. The molecule has 2 rings (SSSR count). The molecule has 0 bridgehead atoms. The largest absolute Gasteiger partial charge is 1.00 e. The maximum absolute atomic E-state index is 11.9. The van der Waals surface area contributed by atoms with E-state index in [0.717, 1.165) is 4.47 Å². The second kappa shape index (κ2) is 6.66. The van der Waals surface area contributed by atoms with Crippen molar-refractivity contribution in [3.05, 3.63) is 58.8 Å². The van der Waals surface area contributed by atoms with Gasteiger partial charge in [-0.3, -0.25) is 4.79 Å². The Hall–Kier alpha value is -1.20. The van der Waals surface area contributed by atoms with Crippen LogP contribution in [0.4, 0.5) is 0 Å². The van der Waals surface area contributed by atoms with Crippen molar-refractivity contribution in [1.29, 1.82) is 0 Å². The lowest BCUT2D eigenvalue weighted by molar-refractivity contribution is -0.683. The molecule has 1 aromatic heterocycles. The van der Waals surface area contributed by atoms with E-state index >= 15 is 0 Å². The molecule has 0 aliphatic rings. The number of aromatic nitrogens is 1. The van der Waals surface area contributed by atoms with Crippen molar-refractivity contribution in [2.24, 2.45) is 0 Å². The molecule has 0 fully saturated rings. The first-order chi connectivity index (χ1) is 8.15. The summed E-state index contributed by atoms with van der Waals surface area (Å²) in [5, 5.41) is 9.29. The molecule has 0 amide bonds. The standard InChI is InChI=1S/C13H10BrNO2.BrH/c14-11-5-3-10(4-6-11)13(17)9-15-7-1-2-12(16)8-15;/h1-8H,9H2;1H. The summed E-state index contributed by atoms with van der Waals surface area (Å²) in [5.41, 5.74) is 0.657. The molecule has 0 spiro atoms. The van der Waals surface area contributed by atoms with Crippen LogP contribution in [0.25, 0.3) is 0 Å². The second-order valence-electron chi connectivity index (χ2n) is 3.66. The maximum atomic E-state index is 11.9. The van der Waals surface area contributed by atoms with E-state index in [1.54, 1.807) is 35.0 Å². The summed E-state index contributed by atoms with van der Waals surface area (Å²) in [6.07, 6.45) is 3.27. The van der Waals surface area contributed by atoms with Crippen molar-refractivity contribution in [3.8, 4) is 5.75 Å². The first-order valence-corrected chi connectivity index (χ1v) is 5.91. The molecule has 0 saturated heterocycles. The number of nitrogens with zero attached hydrogens (tertiary/aromatic N) is 1. The van der Waals surface area contributed by atoms with E-state index in [1.165, 1.54) is 6.20 Å². The summed E-state index contributed by atoms with van der Waals surface area (Å²) < 4.78 is 2.60. The molecule has 5 heteroatoms. The molecule has 0 radical (unpaired) electrons. The normalized spacial score (nSPS) is 9.61. The van der Waals surface area contributed by atoms with E-state index in [0.29, 0.717) is 5.56 Å². The molecule has 0 aliphatic carbocycles. The molecule has 1 N–H and O–H groups in total. The minimum absolute atomic E-state index is 0. The Morgan fingerprint density at radius 2 is 1.89 bits per heavy atom. The van der Waals surface area contributed by atoms with Gasteiger partial charge >= 0.3 is 0 Å². The van der Waals surface area contributed by atoms with Crippen LogP contribution in [0, 0.1) is 0 Å². The van der Waals surface area contributed by atoms with Crippen molar-refractivity contribution in [2.75, 3.05) is 0 Å². The van der Waals surface area contributed by atoms with Crippen LogP contribution in [0.3, 0.4) is 0 Å². The number of pyridine rings is 1. The summed E-state index contributed by atoms with van der Waals surface area (Å²) in [6.45, 7) is 0.218. The lowest BCUT2D eigenvalue weighted by Gasteiger charge is -1.98. The smallest absolute Gasteiger partial charge is 0.227 e. The Bertz CT molecular complexity index is 541. The Morgan fingerprint density at radius 3 is 2.50 bits per heavy atom. The summed E-state index contributed by atoms with van der Waals surface area (Å²) in [5.74, 6) is 0.157. The molecule has 3 nitrogen and oxygen atoms in total. The minimum Gasteiger partial charge on any atom is -1.00 e. The third kappa shape index (κ3) is 3.92. The number of hydrogen-bond donors (Lipinski definition) is 1. The number of ketones is 1. The number of aromatic hydroxyl groups is 1. The first-order valence-electron chi connectivity index (χ1n) is 5.12. The van der Waals surface area contributed by atoms with Gasteiger partial charge in [0, 0.05) is 16.1 Å². The van der Waals surface area contributed by atoms with Gasteiger partial charge in [0.1, 0.15) is 0 Å². The number of hydrogen-bond acceptors (Lipinski definition) is 2. The minimum atomic E-state index is 0.